The van der Waals surface area contributed by atoms with Gasteiger partial charge in [-0.2, -0.15) is 0 Å². The lowest BCUT2D eigenvalue weighted by Gasteiger charge is -2.18. The van der Waals surface area contributed by atoms with Crippen LogP contribution < -0.4 is 5.32 Å². The molecule has 1 amide bonds. The van der Waals surface area contributed by atoms with Crippen LogP contribution >= 0.6 is 23.1 Å². The van der Waals surface area contributed by atoms with Gasteiger partial charge in [-0.3, -0.25) is 4.79 Å². The number of carbonyl (C=O) groups excluding carboxylic acids is 1. The molecule has 0 aliphatic rings. The quantitative estimate of drug-likeness (QED) is 0.613. The molecule has 0 spiro atoms. The van der Waals surface area contributed by atoms with E-state index in [9.17, 15) is 13.6 Å². The van der Waals surface area contributed by atoms with Crippen molar-refractivity contribution in [2.24, 2.45) is 0 Å². The summed E-state index contributed by atoms with van der Waals surface area (Å²) in [7, 11) is 0. The zero-order valence-electron chi connectivity index (χ0n) is 13.1. The number of hydrogen-bond donors (Lipinski definition) is 1. The predicted octanol–water partition coefficient (Wildman–Crippen LogP) is 5.02. The van der Waals surface area contributed by atoms with Gasteiger partial charge in [0.15, 0.2) is 0 Å². The Morgan fingerprint density at radius 3 is 2.24 bits per heavy atom. The number of nitrogens with one attached hydrogen (secondary N) is 1. The van der Waals surface area contributed by atoms with Gasteiger partial charge in [-0.05, 0) is 53.4 Å². The van der Waals surface area contributed by atoms with Crippen LogP contribution in [0.5, 0.6) is 0 Å². The van der Waals surface area contributed by atoms with Gasteiger partial charge >= 0.3 is 0 Å². The first-order valence-electron chi connectivity index (χ1n) is 7.58. The van der Waals surface area contributed by atoms with Crippen molar-refractivity contribution in [1.29, 1.82) is 0 Å². The average molecular weight is 375 g/mol. The molecule has 128 valence electrons. The lowest BCUT2D eigenvalue weighted by Crippen LogP contribution is -2.30. The van der Waals surface area contributed by atoms with E-state index in [0.29, 0.717) is 0 Å². The van der Waals surface area contributed by atoms with Gasteiger partial charge in [0.2, 0.25) is 5.91 Å². The Morgan fingerprint density at radius 2 is 1.64 bits per heavy atom. The van der Waals surface area contributed by atoms with Crippen LogP contribution in [0.1, 0.15) is 16.5 Å². The molecule has 25 heavy (non-hydrogen) atoms. The molecule has 3 aromatic rings. The maximum absolute atomic E-state index is 13.2. The molecular weight excluding hydrogens is 360 g/mol. The van der Waals surface area contributed by atoms with Crippen molar-refractivity contribution in [1.82, 2.24) is 5.32 Å². The molecule has 0 bridgehead atoms. The van der Waals surface area contributed by atoms with E-state index in [0.717, 1.165) is 15.3 Å². The van der Waals surface area contributed by atoms with Crippen molar-refractivity contribution in [2.45, 2.75) is 10.9 Å². The van der Waals surface area contributed by atoms with E-state index < -0.39 is 0 Å². The lowest BCUT2D eigenvalue weighted by molar-refractivity contribution is -0.119. The fourth-order valence-electron chi connectivity index (χ4n) is 2.31. The second-order valence-corrected chi connectivity index (χ2v) is 7.34. The number of thiophene rings is 1. The summed E-state index contributed by atoms with van der Waals surface area (Å²) < 4.78 is 26.1. The fraction of sp³-hybridized carbons (Fsp3) is 0.105. The van der Waals surface area contributed by atoms with Crippen LogP contribution in [0.25, 0.3) is 0 Å². The Bertz CT molecular complexity index is 818. The molecule has 0 aliphatic carbocycles. The van der Waals surface area contributed by atoms with Gasteiger partial charge in [0.25, 0.3) is 0 Å². The van der Waals surface area contributed by atoms with Gasteiger partial charge in [-0.15, -0.1) is 23.1 Å². The molecular formula is C19H15F2NOS2. The number of thioether (sulfide) groups is 1. The van der Waals surface area contributed by atoms with Crippen LogP contribution in [0.2, 0.25) is 0 Å². The van der Waals surface area contributed by atoms with Gasteiger partial charge in [-0.25, -0.2) is 8.78 Å². The van der Waals surface area contributed by atoms with E-state index in [1.807, 2.05) is 17.5 Å². The largest absolute Gasteiger partial charge is 0.344 e. The van der Waals surface area contributed by atoms with Crippen molar-refractivity contribution in [3.63, 3.8) is 0 Å². The highest BCUT2D eigenvalue weighted by molar-refractivity contribution is 8.00. The summed E-state index contributed by atoms with van der Waals surface area (Å²) in [5.41, 5.74) is 0.823. The Morgan fingerprint density at radius 1 is 1.00 bits per heavy atom. The summed E-state index contributed by atoms with van der Waals surface area (Å²) in [5, 5.41) is 4.93. The van der Waals surface area contributed by atoms with Gasteiger partial charge in [0.1, 0.15) is 11.6 Å². The molecule has 6 heteroatoms. The van der Waals surface area contributed by atoms with E-state index in [1.165, 1.54) is 47.4 Å². The first-order chi connectivity index (χ1) is 12.1. The summed E-state index contributed by atoms with van der Waals surface area (Å²) in [6, 6.07) is 15.7. The minimum Gasteiger partial charge on any atom is -0.344 e. The van der Waals surface area contributed by atoms with Crippen LogP contribution in [-0.2, 0) is 4.79 Å². The highest BCUT2D eigenvalue weighted by atomic mass is 32.2. The van der Waals surface area contributed by atoms with Crippen LogP contribution in [0, 0.1) is 11.6 Å². The maximum atomic E-state index is 13.2. The normalized spacial score (nSPS) is 11.9. The monoisotopic (exact) mass is 375 g/mol. The highest BCUT2D eigenvalue weighted by Crippen LogP contribution is 2.27. The molecule has 1 aromatic heterocycles. The third-order valence-electron chi connectivity index (χ3n) is 3.52. The van der Waals surface area contributed by atoms with Gasteiger partial charge < -0.3 is 5.32 Å². The molecule has 1 atom stereocenters. The van der Waals surface area contributed by atoms with Crippen LogP contribution in [-0.4, -0.2) is 11.7 Å². The first kappa shape index (κ1) is 17.6. The molecule has 0 saturated heterocycles. The minimum absolute atomic E-state index is 0.142. The third-order valence-corrected chi connectivity index (χ3v) is 5.47. The van der Waals surface area contributed by atoms with Crippen LogP contribution in [0.3, 0.4) is 0 Å². The van der Waals surface area contributed by atoms with Crippen molar-refractivity contribution in [3.05, 3.63) is 88.1 Å². The first-order valence-corrected chi connectivity index (χ1v) is 9.45. The summed E-state index contributed by atoms with van der Waals surface area (Å²) in [6.45, 7) is 0. The molecule has 0 saturated carbocycles. The third kappa shape index (κ3) is 4.90. The van der Waals surface area contributed by atoms with Gasteiger partial charge in [-0.1, -0.05) is 18.2 Å². The average Bonchev–Trinajstić information content (AvgIpc) is 3.14. The fourth-order valence-corrected chi connectivity index (χ4v) is 3.82. The number of halogens is 2. The van der Waals surface area contributed by atoms with Crippen molar-refractivity contribution >= 4 is 29.0 Å². The van der Waals surface area contributed by atoms with Crippen molar-refractivity contribution in [2.75, 3.05) is 5.75 Å². The number of benzene rings is 2. The number of carbonyl (C=O) groups is 1. The molecule has 2 aromatic carbocycles. The topological polar surface area (TPSA) is 29.1 Å². The molecule has 0 aliphatic heterocycles. The van der Waals surface area contributed by atoms with Crippen molar-refractivity contribution < 1.29 is 13.6 Å². The Balaban J connectivity index is 1.68. The molecule has 0 unspecified atom stereocenters. The second kappa shape index (κ2) is 8.27. The van der Waals surface area contributed by atoms with E-state index in [1.54, 1.807) is 24.3 Å². The molecule has 3 rings (SSSR count). The predicted molar refractivity (Wildman–Crippen MR) is 97.8 cm³/mol. The lowest BCUT2D eigenvalue weighted by atomic mass is 10.1. The second-order valence-electron chi connectivity index (χ2n) is 5.31. The summed E-state index contributed by atoms with van der Waals surface area (Å²) in [5.74, 6) is -0.541. The smallest absolute Gasteiger partial charge is 0.231 e. The zero-order chi connectivity index (χ0) is 17.6. The standard InChI is InChI=1S/C19H15F2NOS2/c20-14-5-3-13(4-6-14)19(17-2-1-11-24-17)22-18(23)12-25-16-9-7-15(21)8-10-16/h1-11,19H,12H2,(H,22,23)/t19-/m0/s1. The SMILES string of the molecule is O=C(CSc1ccc(F)cc1)N[C@@H](c1ccc(F)cc1)c1cccs1. The van der Waals surface area contributed by atoms with E-state index in [2.05, 4.69) is 5.32 Å². The van der Waals surface area contributed by atoms with Crippen LogP contribution in [0.4, 0.5) is 8.78 Å². The van der Waals surface area contributed by atoms with Crippen LogP contribution in [0.15, 0.2) is 70.9 Å². The number of hydrogen-bond acceptors (Lipinski definition) is 3. The van der Waals surface area contributed by atoms with Crippen molar-refractivity contribution in [3.8, 4) is 0 Å². The van der Waals surface area contributed by atoms with Gasteiger partial charge in [0.05, 0.1) is 11.8 Å². The minimum atomic E-state index is -0.318. The molecule has 0 fully saturated rings. The Hall–Kier alpha value is -2.18. The maximum Gasteiger partial charge on any atom is 0.231 e. The number of amides is 1. The van der Waals surface area contributed by atoms with Gasteiger partial charge in [0, 0.05) is 9.77 Å². The van der Waals surface area contributed by atoms with E-state index in [-0.39, 0.29) is 29.3 Å². The molecule has 1 heterocycles. The Labute approximate surface area is 152 Å². The zero-order valence-corrected chi connectivity index (χ0v) is 14.7. The highest BCUT2D eigenvalue weighted by Gasteiger charge is 2.18. The molecule has 1 N–H and O–H groups in total. The molecule has 2 nitrogen and oxygen atoms in total. The van der Waals surface area contributed by atoms with E-state index >= 15 is 0 Å². The summed E-state index contributed by atoms with van der Waals surface area (Å²) in [6.07, 6.45) is 0. The summed E-state index contributed by atoms with van der Waals surface area (Å²) >= 11 is 2.87. The number of rotatable bonds is 6. The Kier molecular flexibility index (Phi) is 5.83. The summed E-state index contributed by atoms with van der Waals surface area (Å²) in [4.78, 5) is 14.2. The molecule has 0 radical (unpaired) electrons. The van der Waals surface area contributed by atoms with E-state index in [4.69, 9.17) is 0 Å².